The van der Waals surface area contributed by atoms with E-state index >= 15 is 0 Å². The van der Waals surface area contributed by atoms with Crippen LogP contribution in [0.15, 0.2) is 18.2 Å². The smallest absolute Gasteiger partial charge is 0.316 e. The fourth-order valence-corrected chi connectivity index (χ4v) is 2.81. The third-order valence-corrected chi connectivity index (χ3v) is 4.15. The highest BCUT2D eigenvalue weighted by Crippen LogP contribution is 2.28. The Labute approximate surface area is 146 Å². The van der Waals surface area contributed by atoms with Gasteiger partial charge in [-0.05, 0) is 31.0 Å². The minimum atomic E-state index is -0.759. The molecule has 136 valence electrons. The lowest BCUT2D eigenvalue weighted by Gasteiger charge is -2.30. The zero-order valence-electron chi connectivity index (χ0n) is 14.7. The first-order valence-corrected chi connectivity index (χ1v) is 8.18. The molecule has 0 aliphatic carbocycles. The van der Waals surface area contributed by atoms with E-state index in [1.165, 1.54) is 12.0 Å². The molecule has 7 heteroatoms. The molecule has 1 unspecified atom stereocenters. The second-order valence-electron chi connectivity index (χ2n) is 5.74. The molecule has 1 aliphatic heterocycles. The van der Waals surface area contributed by atoms with Crippen molar-refractivity contribution in [3.05, 3.63) is 23.8 Å². The SMILES string of the molecule is CCOC(=O)C1CCN(C(=O)Cc2ccc(OC)c(OC)c2)CC1=O. The summed E-state index contributed by atoms with van der Waals surface area (Å²) in [6.45, 7) is 2.24. The zero-order chi connectivity index (χ0) is 18.4. The van der Waals surface area contributed by atoms with Gasteiger partial charge in [-0.1, -0.05) is 6.07 Å². The van der Waals surface area contributed by atoms with Crippen LogP contribution in [0.25, 0.3) is 0 Å². The number of ether oxygens (including phenoxy) is 3. The van der Waals surface area contributed by atoms with E-state index in [0.29, 0.717) is 24.5 Å². The molecule has 0 saturated carbocycles. The first kappa shape index (κ1) is 18.8. The molecule has 0 aromatic heterocycles. The van der Waals surface area contributed by atoms with Gasteiger partial charge in [0.1, 0.15) is 5.92 Å². The van der Waals surface area contributed by atoms with Crippen LogP contribution in [0, 0.1) is 5.92 Å². The molecule has 1 aliphatic rings. The fraction of sp³-hybridized carbons (Fsp3) is 0.500. The number of hydrogen-bond donors (Lipinski definition) is 0. The standard InChI is InChI=1S/C18H23NO6/c1-4-25-18(22)13-7-8-19(11-14(13)20)17(21)10-12-5-6-15(23-2)16(9-12)24-3/h5-6,9,13H,4,7-8,10-11H2,1-3H3. The summed E-state index contributed by atoms with van der Waals surface area (Å²) in [5.74, 6) is -0.563. The van der Waals surface area contributed by atoms with Crippen molar-refractivity contribution in [2.75, 3.05) is 33.9 Å². The summed E-state index contributed by atoms with van der Waals surface area (Å²) >= 11 is 0. The summed E-state index contributed by atoms with van der Waals surface area (Å²) in [5, 5.41) is 0. The van der Waals surface area contributed by atoms with Crippen molar-refractivity contribution in [1.82, 2.24) is 4.90 Å². The molecule has 1 saturated heterocycles. The number of benzene rings is 1. The van der Waals surface area contributed by atoms with Crippen molar-refractivity contribution >= 4 is 17.7 Å². The van der Waals surface area contributed by atoms with Crippen LogP contribution < -0.4 is 9.47 Å². The number of likely N-dealkylation sites (tertiary alicyclic amines) is 1. The average Bonchev–Trinajstić information content (AvgIpc) is 2.61. The minimum absolute atomic E-state index is 0.0599. The molecule has 1 heterocycles. The van der Waals surface area contributed by atoms with Gasteiger partial charge in [0, 0.05) is 6.54 Å². The Morgan fingerprint density at radius 3 is 2.52 bits per heavy atom. The number of methoxy groups -OCH3 is 2. The van der Waals surface area contributed by atoms with E-state index in [1.807, 2.05) is 0 Å². The van der Waals surface area contributed by atoms with Gasteiger partial charge >= 0.3 is 5.97 Å². The summed E-state index contributed by atoms with van der Waals surface area (Å²) in [6, 6.07) is 5.26. The van der Waals surface area contributed by atoms with Gasteiger partial charge in [0.05, 0.1) is 33.8 Å². The lowest BCUT2D eigenvalue weighted by molar-refractivity contribution is -0.155. The summed E-state index contributed by atoms with van der Waals surface area (Å²) in [4.78, 5) is 37.8. The second kappa shape index (κ2) is 8.50. The molecule has 0 N–H and O–H groups in total. The van der Waals surface area contributed by atoms with Crippen molar-refractivity contribution in [2.24, 2.45) is 5.92 Å². The number of nitrogens with zero attached hydrogens (tertiary/aromatic N) is 1. The monoisotopic (exact) mass is 349 g/mol. The van der Waals surface area contributed by atoms with E-state index in [2.05, 4.69) is 0 Å². The van der Waals surface area contributed by atoms with Gasteiger partial charge in [-0.25, -0.2) is 0 Å². The number of carbonyl (C=O) groups excluding carboxylic acids is 3. The van der Waals surface area contributed by atoms with Crippen LogP contribution in [-0.4, -0.2) is 56.5 Å². The lowest BCUT2D eigenvalue weighted by atomic mass is 9.95. The molecule has 0 bridgehead atoms. The largest absolute Gasteiger partial charge is 0.493 e. The van der Waals surface area contributed by atoms with Gasteiger partial charge in [-0.15, -0.1) is 0 Å². The molecule has 25 heavy (non-hydrogen) atoms. The van der Waals surface area contributed by atoms with E-state index in [-0.39, 0.29) is 31.3 Å². The van der Waals surface area contributed by atoms with E-state index in [0.717, 1.165) is 5.56 Å². The third kappa shape index (κ3) is 4.49. The normalized spacial score (nSPS) is 17.2. The molecule has 7 nitrogen and oxygen atoms in total. The number of amides is 1. The van der Waals surface area contributed by atoms with Gasteiger partial charge in [-0.3, -0.25) is 14.4 Å². The molecule has 0 spiro atoms. The van der Waals surface area contributed by atoms with E-state index < -0.39 is 11.9 Å². The second-order valence-corrected chi connectivity index (χ2v) is 5.74. The van der Waals surface area contributed by atoms with Crippen LogP contribution in [0.5, 0.6) is 11.5 Å². The van der Waals surface area contributed by atoms with E-state index in [9.17, 15) is 14.4 Å². The predicted molar refractivity (Wildman–Crippen MR) is 89.6 cm³/mol. The molecule has 0 radical (unpaired) electrons. The van der Waals surface area contributed by atoms with E-state index in [1.54, 1.807) is 32.2 Å². The molecule has 1 atom stereocenters. The number of piperidine rings is 1. The Hall–Kier alpha value is -2.57. The topological polar surface area (TPSA) is 82.1 Å². The number of carbonyl (C=O) groups is 3. The van der Waals surface area contributed by atoms with Crippen LogP contribution in [0.2, 0.25) is 0 Å². The van der Waals surface area contributed by atoms with Crippen molar-refractivity contribution in [2.45, 2.75) is 19.8 Å². The van der Waals surface area contributed by atoms with Crippen molar-refractivity contribution in [3.63, 3.8) is 0 Å². The maximum absolute atomic E-state index is 12.5. The molecule has 1 aromatic carbocycles. The van der Waals surface area contributed by atoms with Gasteiger partial charge < -0.3 is 19.1 Å². The van der Waals surface area contributed by atoms with Crippen LogP contribution in [0.1, 0.15) is 18.9 Å². The Balaban J connectivity index is 1.98. The first-order chi connectivity index (χ1) is 12.0. The van der Waals surface area contributed by atoms with Crippen LogP contribution in [0.4, 0.5) is 0 Å². The van der Waals surface area contributed by atoms with Gasteiger partial charge in [0.25, 0.3) is 0 Å². The molecular formula is C18H23NO6. The van der Waals surface area contributed by atoms with Gasteiger partial charge in [0.2, 0.25) is 5.91 Å². The quantitative estimate of drug-likeness (QED) is 0.567. The maximum atomic E-state index is 12.5. The Kier molecular flexibility index (Phi) is 6.38. The minimum Gasteiger partial charge on any atom is -0.493 e. The van der Waals surface area contributed by atoms with Crippen LogP contribution in [0.3, 0.4) is 0 Å². The molecule has 1 amide bonds. The molecule has 2 rings (SSSR count). The summed E-state index contributed by atoms with van der Waals surface area (Å²) < 4.78 is 15.3. The highest BCUT2D eigenvalue weighted by atomic mass is 16.5. The maximum Gasteiger partial charge on any atom is 0.316 e. The van der Waals surface area contributed by atoms with E-state index in [4.69, 9.17) is 14.2 Å². The number of hydrogen-bond acceptors (Lipinski definition) is 6. The zero-order valence-corrected chi connectivity index (χ0v) is 14.7. The number of rotatable bonds is 6. The van der Waals surface area contributed by atoms with Crippen molar-refractivity contribution in [1.29, 1.82) is 0 Å². The fourth-order valence-electron chi connectivity index (χ4n) is 2.81. The molecule has 1 aromatic rings. The van der Waals surface area contributed by atoms with Gasteiger partial charge in [-0.2, -0.15) is 0 Å². The predicted octanol–water partition coefficient (Wildman–Crippen LogP) is 1.23. The summed E-state index contributed by atoms with van der Waals surface area (Å²) in [7, 11) is 3.07. The molecule has 1 fully saturated rings. The lowest BCUT2D eigenvalue weighted by Crippen LogP contribution is -2.47. The Morgan fingerprint density at radius 1 is 1.20 bits per heavy atom. The number of Topliss-reactive ketones (excluding diaryl/α,β-unsaturated/α-hetero) is 1. The van der Waals surface area contributed by atoms with Gasteiger partial charge in [0.15, 0.2) is 17.3 Å². The van der Waals surface area contributed by atoms with Crippen molar-refractivity contribution < 1.29 is 28.6 Å². The van der Waals surface area contributed by atoms with Crippen LogP contribution >= 0.6 is 0 Å². The van der Waals surface area contributed by atoms with Crippen LogP contribution in [-0.2, 0) is 25.5 Å². The highest BCUT2D eigenvalue weighted by molar-refractivity contribution is 6.02. The van der Waals surface area contributed by atoms with Crippen molar-refractivity contribution in [3.8, 4) is 11.5 Å². The highest BCUT2D eigenvalue weighted by Gasteiger charge is 2.35. The first-order valence-electron chi connectivity index (χ1n) is 8.18. The average molecular weight is 349 g/mol. The summed E-state index contributed by atoms with van der Waals surface area (Å²) in [5.41, 5.74) is 0.766. The third-order valence-electron chi connectivity index (χ3n) is 4.15. The Bertz CT molecular complexity index is 657. The Morgan fingerprint density at radius 2 is 1.92 bits per heavy atom. The summed E-state index contributed by atoms with van der Waals surface area (Å²) in [6.07, 6.45) is 0.451. The molecular weight excluding hydrogens is 326 g/mol. The number of esters is 1. The number of ketones is 1.